The molecule has 0 aliphatic rings. The Balaban J connectivity index is 0.00000243. The van der Waals surface area contributed by atoms with E-state index in [0.717, 1.165) is 35.0 Å². The number of nitrogens with one attached hydrogen (secondary N) is 1. The highest BCUT2D eigenvalue weighted by atomic mass is 127. The number of aryl methyl sites for hydroxylation is 2. The minimum Gasteiger partial charge on any atom is -0.370 e. The Morgan fingerprint density at radius 2 is 1.58 bits per heavy atom. The van der Waals surface area contributed by atoms with Gasteiger partial charge in [0.05, 0.1) is 12.1 Å². The van der Waals surface area contributed by atoms with Crippen molar-refractivity contribution < 1.29 is 0 Å². The predicted molar refractivity (Wildman–Crippen MR) is 121 cm³/mol. The first-order valence-corrected chi connectivity index (χ1v) is 8.73. The molecule has 0 atom stereocenters. The van der Waals surface area contributed by atoms with Gasteiger partial charge in [0.25, 0.3) is 0 Å². The van der Waals surface area contributed by atoms with Gasteiger partial charge >= 0.3 is 0 Å². The van der Waals surface area contributed by atoms with Crippen LogP contribution in [0.3, 0.4) is 0 Å². The van der Waals surface area contributed by atoms with E-state index in [-0.39, 0.29) is 24.0 Å². The topological polar surface area (TPSA) is 63.3 Å². The number of guanidine groups is 1. The fourth-order valence-electron chi connectivity index (χ4n) is 3.04. The molecule has 26 heavy (non-hydrogen) atoms. The zero-order chi connectivity index (χ0) is 17.6. The maximum Gasteiger partial charge on any atom is 0.193 e. The summed E-state index contributed by atoms with van der Waals surface area (Å²) in [6.07, 6.45) is 3.72. The Hall–Kier alpha value is -2.15. The number of nitrogens with two attached hydrogens (primary N) is 1. The molecule has 0 aliphatic carbocycles. The number of hydrogen-bond acceptors (Lipinski definition) is 2. The van der Waals surface area contributed by atoms with Gasteiger partial charge in [-0.25, -0.2) is 4.99 Å². The maximum absolute atomic E-state index is 6.16. The number of hydrogen-bond donors (Lipinski definition) is 2. The molecule has 2 aromatic carbocycles. The lowest BCUT2D eigenvalue weighted by Gasteiger charge is -2.15. The van der Waals surface area contributed by atoms with Crippen LogP contribution in [0.1, 0.15) is 30.5 Å². The SMILES string of the molecule is CCc1cccc(CC)c1NC(N)=NCc1cccc2cccnc12.I. The molecule has 4 nitrogen and oxygen atoms in total. The Morgan fingerprint density at radius 3 is 2.27 bits per heavy atom. The van der Waals surface area contributed by atoms with E-state index >= 15 is 0 Å². The summed E-state index contributed by atoms with van der Waals surface area (Å²) in [5.74, 6) is 0.434. The molecule has 0 fully saturated rings. The standard InChI is InChI=1S/C21H24N4.HI/c1-3-15-8-5-9-16(4-2)20(15)25-21(22)24-14-18-11-6-10-17-12-7-13-23-19(17)18;/h5-13H,3-4,14H2,1-2H3,(H3,22,24,25);1H. The largest absolute Gasteiger partial charge is 0.370 e. The molecule has 0 radical (unpaired) electrons. The van der Waals surface area contributed by atoms with Crippen LogP contribution in [0, 0.1) is 0 Å². The van der Waals surface area contributed by atoms with Crippen LogP contribution in [0.25, 0.3) is 10.9 Å². The summed E-state index contributed by atoms with van der Waals surface area (Å²) in [7, 11) is 0. The lowest BCUT2D eigenvalue weighted by Crippen LogP contribution is -2.24. The molecule has 0 bridgehead atoms. The van der Waals surface area contributed by atoms with Crippen LogP contribution in [-0.4, -0.2) is 10.9 Å². The summed E-state index contributed by atoms with van der Waals surface area (Å²) in [6, 6.07) is 16.5. The molecule has 0 aliphatic heterocycles. The van der Waals surface area contributed by atoms with Gasteiger partial charge in [-0.3, -0.25) is 4.98 Å². The van der Waals surface area contributed by atoms with Crippen LogP contribution in [0.2, 0.25) is 0 Å². The van der Waals surface area contributed by atoms with Crippen molar-refractivity contribution >= 4 is 46.5 Å². The molecule has 1 heterocycles. The Bertz CT molecular complexity index is 878. The molecule has 3 aromatic rings. The molecule has 3 rings (SSSR count). The highest BCUT2D eigenvalue weighted by molar-refractivity contribution is 14.0. The van der Waals surface area contributed by atoms with Gasteiger partial charge in [-0.1, -0.05) is 56.3 Å². The highest BCUT2D eigenvalue weighted by Crippen LogP contribution is 2.22. The molecule has 0 spiro atoms. The quantitative estimate of drug-likeness (QED) is 0.323. The second-order valence-electron chi connectivity index (χ2n) is 5.98. The molecule has 1 aromatic heterocycles. The number of benzene rings is 2. The van der Waals surface area contributed by atoms with E-state index in [9.17, 15) is 0 Å². The van der Waals surface area contributed by atoms with E-state index in [1.807, 2.05) is 24.4 Å². The van der Waals surface area contributed by atoms with E-state index in [4.69, 9.17) is 5.73 Å². The number of rotatable bonds is 5. The molecule has 0 saturated carbocycles. The number of anilines is 1. The van der Waals surface area contributed by atoms with E-state index < -0.39 is 0 Å². The number of pyridine rings is 1. The summed E-state index contributed by atoms with van der Waals surface area (Å²) >= 11 is 0. The van der Waals surface area contributed by atoms with Gasteiger partial charge in [-0.15, -0.1) is 24.0 Å². The van der Waals surface area contributed by atoms with Crippen LogP contribution >= 0.6 is 24.0 Å². The van der Waals surface area contributed by atoms with Crippen molar-refractivity contribution in [1.82, 2.24) is 4.98 Å². The van der Waals surface area contributed by atoms with Crippen LogP contribution in [0.15, 0.2) is 59.7 Å². The van der Waals surface area contributed by atoms with E-state index in [1.54, 1.807) is 0 Å². The van der Waals surface area contributed by atoms with Crippen LogP contribution in [0.4, 0.5) is 5.69 Å². The Morgan fingerprint density at radius 1 is 0.962 bits per heavy atom. The van der Waals surface area contributed by atoms with E-state index in [2.05, 4.69) is 59.5 Å². The van der Waals surface area contributed by atoms with Crippen LogP contribution in [-0.2, 0) is 19.4 Å². The minimum absolute atomic E-state index is 0. The van der Waals surface area contributed by atoms with Gasteiger partial charge < -0.3 is 11.1 Å². The van der Waals surface area contributed by atoms with Crippen LogP contribution < -0.4 is 11.1 Å². The summed E-state index contributed by atoms with van der Waals surface area (Å²) < 4.78 is 0. The number of fused-ring (bicyclic) bond motifs is 1. The first kappa shape index (κ1) is 20.2. The predicted octanol–water partition coefficient (Wildman–Crippen LogP) is 4.90. The third-order valence-corrected chi connectivity index (χ3v) is 4.39. The van der Waals surface area contributed by atoms with E-state index in [1.165, 1.54) is 11.1 Å². The smallest absolute Gasteiger partial charge is 0.193 e. The van der Waals surface area contributed by atoms with Crippen molar-refractivity contribution in [3.63, 3.8) is 0 Å². The van der Waals surface area contributed by atoms with Gasteiger partial charge in [-0.05, 0) is 35.6 Å². The monoisotopic (exact) mass is 460 g/mol. The Kier molecular flexibility index (Phi) is 7.38. The molecular weight excluding hydrogens is 435 g/mol. The lowest BCUT2D eigenvalue weighted by atomic mass is 10.0. The molecule has 0 amide bonds. The second kappa shape index (κ2) is 9.52. The Labute approximate surface area is 172 Å². The highest BCUT2D eigenvalue weighted by Gasteiger charge is 2.07. The molecular formula is C21H25IN4. The summed E-state index contributed by atoms with van der Waals surface area (Å²) in [6.45, 7) is 4.80. The third kappa shape index (κ3) is 4.52. The average Bonchev–Trinajstić information content (AvgIpc) is 2.66. The van der Waals surface area contributed by atoms with Gasteiger partial charge in [0.1, 0.15) is 0 Å². The lowest BCUT2D eigenvalue weighted by molar-refractivity contribution is 1.06. The number of aromatic nitrogens is 1. The van der Waals surface area contributed by atoms with Crippen molar-refractivity contribution in [1.29, 1.82) is 0 Å². The number of aliphatic imine (C=N–C) groups is 1. The minimum atomic E-state index is 0. The zero-order valence-electron chi connectivity index (χ0n) is 15.2. The molecule has 5 heteroatoms. The molecule has 0 saturated heterocycles. The van der Waals surface area contributed by atoms with Crippen molar-refractivity contribution in [3.8, 4) is 0 Å². The van der Waals surface area contributed by atoms with Crippen LogP contribution in [0.5, 0.6) is 0 Å². The van der Waals surface area contributed by atoms with E-state index in [0.29, 0.717) is 12.5 Å². The number of nitrogens with zero attached hydrogens (tertiary/aromatic N) is 2. The summed E-state index contributed by atoms with van der Waals surface area (Å²) in [5, 5.41) is 4.42. The zero-order valence-corrected chi connectivity index (χ0v) is 17.5. The van der Waals surface area contributed by atoms with Crippen molar-refractivity contribution in [3.05, 3.63) is 71.4 Å². The summed E-state index contributed by atoms with van der Waals surface area (Å²) in [5.41, 5.74) is 11.8. The fourth-order valence-corrected chi connectivity index (χ4v) is 3.04. The second-order valence-corrected chi connectivity index (χ2v) is 5.98. The third-order valence-electron chi connectivity index (χ3n) is 4.39. The van der Waals surface area contributed by atoms with Crippen molar-refractivity contribution in [2.75, 3.05) is 5.32 Å². The molecule has 0 unspecified atom stereocenters. The fraction of sp³-hybridized carbons (Fsp3) is 0.238. The van der Waals surface area contributed by atoms with Gasteiger partial charge in [0.15, 0.2) is 5.96 Å². The average molecular weight is 460 g/mol. The first-order chi connectivity index (χ1) is 12.2. The molecule has 136 valence electrons. The first-order valence-electron chi connectivity index (χ1n) is 8.73. The maximum atomic E-state index is 6.16. The van der Waals surface area contributed by atoms with Crippen molar-refractivity contribution in [2.24, 2.45) is 10.7 Å². The van der Waals surface area contributed by atoms with Gasteiger partial charge in [0.2, 0.25) is 0 Å². The van der Waals surface area contributed by atoms with Gasteiger partial charge in [0, 0.05) is 17.3 Å². The summed E-state index contributed by atoms with van der Waals surface area (Å²) in [4.78, 5) is 9.00. The normalized spacial score (nSPS) is 11.2. The molecule has 3 N–H and O–H groups in total. The number of para-hydroxylation sites is 2. The van der Waals surface area contributed by atoms with Crippen molar-refractivity contribution in [2.45, 2.75) is 33.2 Å². The number of halogens is 1. The van der Waals surface area contributed by atoms with Gasteiger partial charge in [-0.2, -0.15) is 0 Å².